The van der Waals surface area contributed by atoms with E-state index in [9.17, 15) is 0 Å². The fourth-order valence-electron chi connectivity index (χ4n) is 1.52. The Morgan fingerprint density at radius 1 is 1.07 bits per heavy atom. The Hall–Kier alpha value is -2.50. The van der Waals surface area contributed by atoms with Gasteiger partial charge in [0.25, 0.3) is 0 Å². The zero-order valence-corrected chi connectivity index (χ0v) is 15.0. The van der Waals surface area contributed by atoms with Gasteiger partial charge in [-0.2, -0.15) is 0 Å². The first-order chi connectivity index (χ1) is 6.29. The molecule has 0 radical (unpaired) electrons. The van der Waals surface area contributed by atoms with E-state index >= 15 is 0 Å². The van der Waals surface area contributed by atoms with Crippen molar-refractivity contribution in [3.05, 3.63) is 42.5 Å². The van der Waals surface area contributed by atoms with Gasteiger partial charge >= 0.3 is 0 Å². The normalized spacial score (nSPS) is 9.57. The molecule has 0 amide bonds. The molecule has 0 heterocycles. The van der Waals surface area contributed by atoms with E-state index in [1.54, 1.807) is 0 Å². The molecule has 2 aromatic rings. The van der Waals surface area contributed by atoms with E-state index in [-0.39, 0.29) is 0 Å². The molecule has 0 atom stereocenters. The standard InChI is InChI=1S/C12H12N.Rf/c1-13(2)12-9-5-7-10-6-3-4-8-11(10)12;/h3-6,8-9H,1-2H3;/q-1;. The van der Waals surface area contributed by atoms with Crippen molar-refractivity contribution in [1.29, 1.82) is 0 Å². The Morgan fingerprint density at radius 3 is 2.50 bits per heavy atom. The summed E-state index contributed by atoms with van der Waals surface area (Å²) >= 11 is 0. The van der Waals surface area contributed by atoms with E-state index in [0.29, 0.717) is 0 Å². The Labute approximate surface area is 78.6 Å². The Balaban J connectivity index is 0.000000980. The molecule has 0 spiro atoms. The maximum atomic E-state index is 3.22. The summed E-state index contributed by atoms with van der Waals surface area (Å²) in [6.45, 7) is 0. The molecule has 14 heavy (non-hydrogen) atoms. The van der Waals surface area contributed by atoms with Crippen LogP contribution in [-0.2, 0) is 0 Å². The zero-order chi connectivity index (χ0) is 9.26. The van der Waals surface area contributed by atoms with Gasteiger partial charge < -0.3 is 4.90 Å². The van der Waals surface area contributed by atoms with E-state index in [1.807, 2.05) is 12.1 Å². The average Bonchev–Trinajstić information content (AvgIpc) is 2.17. The van der Waals surface area contributed by atoms with Crippen molar-refractivity contribution in [1.82, 2.24) is 0 Å². The largest absolute Gasteiger partial charge is 0.393 e. The van der Waals surface area contributed by atoms with Crippen LogP contribution < -0.4 is 4.90 Å². The third-order valence-corrected chi connectivity index (χ3v) is 2.16. The molecule has 0 saturated carbocycles. The Morgan fingerprint density at radius 2 is 1.79 bits per heavy atom. The van der Waals surface area contributed by atoms with Crippen molar-refractivity contribution in [2.45, 2.75) is 0 Å². The topological polar surface area (TPSA) is 3.24 Å². The van der Waals surface area contributed by atoms with Crippen LogP contribution >= 0.6 is 0 Å². The summed E-state index contributed by atoms with van der Waals surface area (Å²) in [6.07, 6.45) is 0. The summed E-state index contributed by atoms with van der Waals surface area (Å²) in [5.74, 6) is 0. The third-order valence-electron chi connectivity index (χ3n) is 2.16. The van der Waals surface area contributed by atoms with Crippen molar-refractivity contribution >= 4 is 16.5 Å². The third kappa shape index (κ3) is 1.36. The summed E-state index contributed by atoms with van der Waals surface area (Å²) in [5, 5.41) is 2.43. The second kappa shape index (κ2) is 3.48. The number of nitrogens with zero attached hydrogens (tertiary/aromatic N) is 1. The van der Waals surface area contributed by atoms with Gasteiger partial charge in [-0.1, -0.05) is 17.5 Å². The Kier molecular flexibility index (Phi) is 2.38. The molecule has 0 N–H and O–H groups in total. The van der Waals surface area contributed by atoms with Gasteiger partial charge in [0.15, 0.2) is 0 Å². The van der Waals surface area contributed by atoms with Gasteiger partial charge in [-0.25, -0.2) is 0 Å². The van der Waals surface area contributed by atoms with Crippen LogP contribution in [0.1, 0.15) is 0 Å². The van der Waals surface area contributed by atoms with Crippen LogP contribution in [0.15, 0.2) is 36.4 Å². The summed E-state index contributed by atoms with van der Waals surface area (Å²) in [4.78, 5) is 2.12. The summed E-state index contributed by atoms with van der Waals surface area (Å²) in [5.41, 5.74) is 1.24. The quantitative estimate of drug-likeness (QED) is 0.621. The van der Waals surface area contributed by atoms with Gasteiger partial charge in [0, 0.05) is 14.1 Å². The van der Waals surface area contributed by atoms with Gasteiger partial charge in [-0.15, -0.1) is 35.7 Å². The first-order valence-electron chi connectivity index (χ1n) is 4.36. The number of hydrogen-bond donors (Lipinski definition) is 0. The molecule has 0 aliphatic carbocycles. The molecule has 68 valence electrons. The van der Waals surface area contributed by atoms with Crippen LogP contribution in [0, 0.1) is 6.07 Å². The molecule has 0 aliphatic heterocycles. The van der Waals surface area contributed by atoms with Crippen LogP contribution in [0.25, 0.3) is 10.8 Å². The number of hydrogen-bond acceptors (Lipinski definition) is 1. The molecule has 0 unspecified atom stereocenters. The van der Waals surface area contributed by atoms with Gasteiger partial charge in [0.05, 0.1) is 0 Å². The summed E-state index contributed by atoms with van der Waals surface area (Å²) in [7, 11) is 4.11. The van der Waals surface area contributed by atoms with Crippen LogP contribution in [-0.4, -0.2) is 14.1 Å². The molecule has 0 saturated heterocycles. The van der Waals surface area contributed by atoms with Gasteiger partial charge in [0.2, 0.25) is 0 Å². The van der Waals surface area contributed by atoms with E-state index < -0.39 is 0 Å². The van der Waals surface area contributed by atoms with Gasteiger partial charge in [0.1, 0.15) is 0 Å². The van der Waals surface area contributed by atoms with Crippen molar-refractivity contribution in [3.63, 3.8) is 0 Å². The van der Waals surface area contributed by atoms with Gasteiger partial charge in [-0.3, -0.25) is 0 Å². The van der Waals surface area contributed by atoms with Crippen LogP contribution in [0.4, 0.5) is 5.69 Å². The first kappa shape index (κ1) is 9.59. The monoisotopic (exact) mass is 437 g/mol. The minimum Gasteiger partial charge on any atom is -0.393 e. The predicted molar refractivity (Wildman–Crippen MR) is 57.1 cm³/mol. The smallest absolute Gasteiger partial charge is 0.00456 e. The minimum absolute atomic E-state index is 0. The second-order valence-electron chi connectivity index (χ2n) is 3.30. The maximum absolute atomic E-state index is 3.22. The molecule has 2 aromatic carbocycles. The molecule has 0 fully saturated rings. The van der Waals surface area contributed by atoms with Crippen LogP contribution in [0.2, 0.25) is 0 Å². The van der Waals surface area contributed by atoms with E-state index in [4.69, 9.17) is 0 Å². The van der Waals surface area contributed by atoms with E-state index in [1.165, 1.54) is 16.5 Å². The van der Waals surface area contributed by atoms with E-state index in [2.05, 4.69) is 49.3 Å². The molecule has 0 aromatic heterocycles. The number of rotatable bonds is 1. The van der Waals surface area contributed by atoms with Crippen molar-refractivity contribution < 1.29 is 0 Å². The van der Waals surface area contributed by atoms with E-state index in [0.717, 1.165) is 0 Å². The fraction of sp³-hybridized carbons (Fsp3) is 0.167. The second-order valence-corrected chi connectivity index (χ2v) is 3.30. The zero-order valence-electron chi connectivity index (χ0n) is 8.62. The first-order valence-corrected chi connectivity index (χ1v) is 4.36. The van der Waals surface area contributed by atoms with Crippen LogP contribution in [0.5, 0.6) is 0 Å². The molecule has 0 bridgehead atoms. The molecular formula is C12H12NRf-. The average molecular weight is 437 g/mol. The number of fused-ring (bicyclic) bond motifs is 1. The Bertz CT molecular complexity index is 418. The summed E-state index contributed by atoms with van der Waals surface area (Å²) < 4.78 is 0. The molecule has 2 heteroatoms. The molecule has 2 rings (SSSR count). The number of benzene rings is 2. The van der Waals surface area contributed by atoms with Crippen molar-refractivity contribution in [2.75, 3.05) is 19.0 Å². The molecule has 0 aliphatic rings. The van der Waals surface area contributed by atoms with Crippen molar-refractivity contribution in [3.8, 4) is 0 Å². The molecular weight excluding hydrogens is 425 g/mol. The summed E-state index contributed by atoms with van der Waals surface area (Å²) in [6, 6.07) is 15.6. The SMILES string of the molecule is CN(C)c1cc[c-]c2ccccc12.[Rf]. The number of anilines is 1. The fourth-order valence-corrected chi connectivity index (χ4v) is 1.52. The van der Waals surface area contributed by atoms with Gasteiger partial charge in [-0.05, 0) is 5.69 Å². The van der Waals surface area contributed by atoms with Crippen molar-refractivity contribution in [2.24, 2.45) is 0 Å². The molecule has 1 nitrogen and oxygen atoms in total. The van der Waals surface area contributed by atoms with Crippen LogP contribution in [0.3, 0.4) is 0 Å². The minimum atomic E-state index is 0. The maximum Gasteiger partial charge on any atom is 0.00456 e. The predicted octanol–water partition coefficient (Wildman–Crippen LogP) is 2.71.